The van der Waals surface area contributed by atoms with Gasteiger partial charge in [0.2, 0.25) is 5.89 Å². The molecule has 0 saturated heterocycles. The van der Waals surface area contributed by atoms with Gasteiger partial charge in [-0.05, 0) is 12.8 Å². The molecule has 2 rings (SSSR count). The van der Waals surface area contributed by atoms with Crippen molar-refractivity contribution in [2.24, 2.45) is 0 Å². The van der Waals surface area contributed by atoms with Gasteiger partial charge in [-0.2, -0.15) is 5.26 Å². The van der Waals surface area contributed by atoms with Crippen LogP contribution in [0, 0.1) is 11.3 Å². The van der Waals surface area contributed by atoms with E-state index in [1.807, 2.05) is 6.07 Å². The maximum Gasteiger partial charge on any atom is 0.315 e. The fraction of sp³-hybridized carbons (Fsp3) is 0.667. The first-order valence-corrected chi connectivity index (χ1v) is 4.84. The lowest BCUT2D eigenvalue weighted by molar-refractivity contribution is 0.512. The second-order valence-corrected chi connectivity index (χ2v) is 3.46. The van der Waals surface area contributed by atoms with Gasteiger partial charge in [-0.3, -0.25) is 0 Å². The van der Waals surface area contributed by atoms with Gasteiger partial charge in [0.15, 0.2) is 0 Å². The predicted molar refractivity (Wildman–Crippen MR) is 49.5 cm³/mol. The minimum atomic E-state index is 0.180. The van der Waals surface area contributed by atoms with E-state index in [0.717, 1.165) is 12.8 Å². The van der Waals surface area contributed by atoms with Crippen molar-refractivity contribution in [3.63, 3.8) is 0 Å². The van der Waals surface area contributed by atoms with E-state index in [4.69, 9.17) is 9.68 Å². The van der Waals surface area contributed by atoms with Crippen LogP contribution in [0.25, 0.3) is 0 Å². The highest BCUT2D eigenvalue weighted by molar-refractivity contribution is 5.20. The molecule has 5 nitrogen and oxygen atoms in total. The molecule has 1 aromatic heterocycles. The van der Waals surface area contributed by atoms with E-state index < -0.39 is 0 Å². The molecule has 14 heavy (non-hydrogen) atoms. The fourth-order valence-electron chi connectivity index (χ4n) is 1.70. The average molecular weight is 192 g/mol. The molecule has 1 fully saturated rings. The zero-order chi connectivity index (χ0) is 9.80. The molecule has 1 N–H and O–H groups in total. The van der Waals surface area contributed by atoms with Crippen molar-refractivity contribution in [3.8, 4) is 6.07 Å². The summed E-state index contributed by atoms with van der Waals surface area (Å²) >= 11 is 0. The Labute approximate surface area is 82.1 Å². The highest BCUT2D eigenvalue weighted by Crippen LogP contribution is 2.21. The van der Waals surface area contributed by atoms with E-state index in [9.17, 15) is 0 Å². The molecule has 5 heteroatoms. The second-order valence-electron chi connectivity index (χ2n) is 3.46. The summed E-state index contributed by atoms with van der Waals surface area (Å²) in [7, 11) is 0. The Bertz CT molecular complexity index is 335. The SMILES string of the molecule is N#CCc1nnc(NC2CCCC2)o1. The minimum absolute atomic E-state index is 0.180. The lowest BCUT2D eigenvalue weighted by atomic mass is 10.3. The van der Waals surface area contributed by atoms with Crippen molar-refractivity contribution in [1.82, 2.24) is 10.2 Å². The van der Waals surface area contributed by atoms with Crippen LogP contribution in [0.15, 0.2) is 4.42 Å². The van der Waals surface area contributed by atoms with E-state index in [1.54, 1.807) is 0 Å². The summed E-state index contributed by atoms with van der Waals surface area (Å²) in [5.41, 5.74) is 0. The van der Waals surface area contributed by atoms with Crippen molar-refractivity contribution >= 4 is 6.01 Å². The Morgan fingerprint density at radius 1 is 1.43 bits per heavy atom. The Balaban J connectivity index is 1.92. The molecule has 0 atom stereocenters. The largest absolute Gasteiger partial charge is 0.407 e. The molecule has 1 aliphatic rings. The molecular formula is C9H12N4O. The molecule has 0 aliphatic heterocycles. The Kier molecular flexibility index (Phi) is 2.63. The van der Waals surface area contributed by atoms with Crippen molar-refractivity contribution in [1.29, 1.82) is 5.26 Å². The Morgan fingerprint density at radius 2 is 2.21 bits per heavy atom. The molecule has 0 unspecified atom stereocenters. The first kappa shape index (κ1) is 9.00. The summed E-state index contributed by atoms with van der Waals surface area (Å²) in [6, 6.07) is 2.88. The molecule has 1 aliphatic carbocycles. The number of hydrogen-bond acceptors (Lipinski definition) is 5. The fourth-order valence-corrected chi connectivity index (χ4v) is 1.70. The van der Waals surface area contributed by atoms with Crippen LogP contribution in [0.4, 0.5) is 6.01 Å². The summed E-state index contributed by atoms with van der Waals surface area (Å²) in [5.74, 6) is 0.382. The molecule has 1 heterocycles. The van der Waals surface area contributed by atoms with Gasteiger partial charge in [0.1, 0.15) is 6.42 Å². The first-order chi connectivity index (χ1) is 6.88. The standard InChI is InChI=1S/C9H12N4O/c10-6-5-8-12-13-9(14-8)11-7-3-1-2-4-7/h7H,1-5H2,(H,11,13). The number of aromatic nitrogens is 2. The molecule has 0 aromatic carbocycles. The zero-order valence-electron chi connectivity index (χ0n) is 7.86. The van der Waals surface area contributed by atoms with Gasteiger partial charge in [0.05, 0.1) is 6.07 Å². The van der Waals surface area contributed by atoms with E-state index in [1.165, 1.54) is 12.8 Å². The van der Waals surface area contributed by atoms with Gasteiger partial charge in [0.25, 0.3) is 0 Å². The van der Waals surface area contributed by atoms with Crippen LogP contribution in [0.2, 0.25) is 0 Å². The molecule has 0 bridgehead atoms. The number of nitriles is 1. The molecule has 1 saturated carbocycles. The average Bonchev–Trinajstić information content (AvgIpc) is 2.79. The molecule has 0 amide bonds. The molecule has 0 spiro atoms. The molecule has 74 valence electrons. The van der Waals surface area contributed by atoms with E-state index in [-0.39, 0.29) is 6.42 Å². The van der Waals surface area contributed by atoms with Crippen molar-refractivity contribution in [2.45, 2.75) is 38.1 Å². The highest BCUT2D eigenvalue weighted by Gasteiger charge is 2.17. The lowest BCUT2D eigenvalue weighted by Crippen LogP contribution is -2.14. The van der Waals surface area contributed by atoms with Crippen LogP contribution in [0.3, 0.4) is 0 Å². The minimum Gasteiger partial charge on any atom is -0.407 e. The number of hydrogen-bond donors (Lipinski definition) is 1. The summed E-state index contributed by atoms with van der Waals surface area (Å²) in [4.78, 5) is 0. The number of nitrogens with one attached hydrogen (secondary N) is 1. The normalized spacial score (nSPS) is 16.8. The maximum absolute atomic E-state index is 8.41. The van der Waals surface area contributed by atoms with Crippen molar-refractivity contribution in [2.75, 3.05) is 5.32 Å². The van der Waals surface area contributed by atoms with Gasteiger partial charge >= 0.3 is 6.01 Å². The summed E-state index contributed by atoms with van der Waals surface area (Å²) < 4.78 is 5.23. The predicted octanol–water partition coefficient (Wildman–Crippen LogP) is 1.49. The van der Waals surface area contributed by atoms with Gasteiger partial charge in [-0.25, -0.2) is 0 Å². The zero-order valence-corrected chi connectivity index (χ0v) is 7.86. The topological polar surface area (TPSA) is 74.7 Å². The van der Waals surface area contributed by atoms with E-state index in [0.29, 0.717) is 17.9 Å². The maximum atomic E-state index is 8.41. The first-order valence-electron chi connectivity index (χ1n) is 4.84. The Hall–Kier alpha value is -1.57. The molecular weight excluding hydrogens is 180 g/mol. The number of rotatable bonds is 3. The van der Waals surface area contributed by atoms with Crippen molar-refractivity contribution in [3.05, 3.63) is 5.89 Å². The van der Waals surface area contributed by atoms with Crippen LogP contribution >= 0.6 is 0 Å². The third-order valence-corrected chi connectivity index (χ3v) is 2.38. The quantitative estimate of drug-likeness (QED) is 0.785. The number of nitrogens with zero attached hydrogens (tertiary/aromatic N) is 3. The van der Waals surface area contributed by atoms with E-state index in [2.05, 4.69) is 15.5 Å². The Morgan fingerprint density at radius 3 is 2.93 bits per heavy atom. The molecule has 1 aromatic rings. The van der Waals surface area contributed by atoms with E-state index >= 15 is 0 Å². The summed E-state index contributed by atoms with van der Waals surface area (Å²) in [6.45, 7) is 0. The highest BCUT2D eigenvalue weighted by atomic mass is 16.4. The lowest BCUT2D eigenvalue weighted by Gasteiger charge is -2.07. The third-order valence-electron chi connectivity index (χ3n) is 2.38. The third kappa shape index (κ3) is 2.02. The van der Waals surface area contributed by atoms with Crippen LogP contribution in [0.1, 0.15) is 31.6 Å². The van der Waals surface area contributed by atoms with Gasteiger partial charge in [0, 0.05) is 6.04 Å². The van der Waals surface area contributed by atoms with Gasteiger partial charge in [-0.1, -0.05) is 17.9 Å². The molecule has 0 radical (unpaired) electrons. The van der Waals surface area contributed by atoms with Gasteiger partial charge < -0.3 is 9.73 Å². The van der Waals surface area contributed by atoms with Crippen LogP contribution in [0.5, 0.6) is 0 Å². The summed E-state index contributed by atoms with van der Waals surface area (Å²) in [5, 5.41) is 19.2. The number of anilines is 1. The summed E-state index contributed by atoms with van der Waals surface area (Å²) in [6.07, 6.45) is 5.03. The van der Waals surface area contributed by atoms with Gasteiger partial charge in [-0.15, -0.1) is 5.10 Å². The van der Waals surface area contributed by atoms with Crippen LogP contribution in [-0.4, -0.2) is 16.2 Å². The van der Waals surface area contributed by atoms with Crippen molar-refractivity contribution < 1.29 is 4.42 Å². The second kappa shape index (κ2) is 4.09. The smallest absolute Gasteiger partial charge is 0.315 e. The van der Waals surface area contributed by atoms with Crippen LogP contribution in [-0.2, 0) is 6.42 Å². The van der Waals surface area contributed by atoms with Crippen LogP contribution < -0.4 is 5.32 Å². The monoisotopic (exact) mass is 192 g/mol.